The first-order valence-corrected chi connectivity index (χ1v) is 22.3. The van der Waals surface area contributed by atoms with Crippen LogP contribution in [0.4, 0.5) is 20.2 Å². The van der Waals surface area contributed by atoms with Gasteiger partial charge in [-0.2, -0.15) is 8.78 Å². The summed E-state index contributed by atoms with van der Waals surface area (Å²) >= 11 is 5.08. The number of nitrogens with one attached hydrogen (secondary N) is 2. The number of carbonyl (C=O) groups is 2. The number of anilines is 2. The van der Waals surface area contributed by atoms with E-state index in [1.165, 1.54) is 35.2 Å². The van der Waals surface area contributed by atoms with E-state index in [4.69, 9.17) is 0 Å². The van der Waals surface area contributed by atoms with Crippen molar-refractivity contribution in [3.8, 4) is 31.8 Å². The molecule has 16 heteroatoms. The van der Waals surface area contributed by atoms with Crippen LogP contribution in [-0.2, 0) is 15.6 Å². The number of hydrogen-bond donors (Lipinski definition) is 2. The summed E-state index contributed by atoms with van der Waals surface area (Å²) in [6.07, 6.45) is 0. The van der Waals surface area contributed by atoms with Crippen LogP contribution in [0.1, 0.15) is 31.0 Å². The van der Waals surface area contributed by atoms with E-state index in [0.717, 1.165) is 42.9 Å². The maximum atomic E-state index is 16.0. The van der Waals surface area contributed by atoms with Gasteiger partial charge in [-0.25, -0.2) is 4.57 Å². The Kier molecular flexibility index (Phi) is 12.3. The number of para-hydroxylation sites is 1. The van der Waals surface area contributed by atoms with E-state index >= 15 is 8.78 Å². The van der Waals surface area contributed by atoms with Crippen LogP contribution in [0.5, 0.6) is 0 Å². The summed E-state index contributed by atoms with van der Waals surface area (Å²) < 4.78 is 34.9. The number of halogens is 2. The third-order valence-corrected chi connectivity index (χ3v) is 13.4. The first-order chi connectivity index (χ1) is 29.2. The van der Waals surface area contributed by atoms with Gasteiger partial charge >= 0.3 is 6.05 Å². The fourth-order valence-electron chi connectivity index (χ4n) is 6.34. The third-order valence-electron chi connectivity index (χ3n) is 9.42. The Morgan fingerprint density at radius 3 is 2.02 bits per heavy atom. The lowest BCUT2D eigenvalue weighted by Crippen LogP contribution is -2.26. The van der Waals surface area contributed by atoms with Crippen molar-refractivity contribution in [3.05, 3.63) is 156 Å². The van der Waals surface area contributed by atoms with Crippen LogP contribution < -0.4 is 10.6 Å². The maximum absolute atomic E-state index is 16.0. The predicted molar refractivity (Wildman–Crippen MR) is 238 cm³/mol. The molecule has 4 aromatic heterocycles. The molecule has 2 N–H and O–H groups in total. The molecule has 302 valence electrons. The minimum absolute atomic E-state index is 0.0255. The van der Waals surface area contributed by atoms with E-state index in [-0.39, 0.29) is 40.2 Å². The van der Waals surface area contributed by atoms with Crippen LogP contribution in [0.2, 0.25) is 0 Å². The van der Waals surface area contributed by atoms with Gasteiger partial charge in [0.2, 0.25) is 11.8 Å². The molecule has 2 amide bonds. The molecule has 8 rings (SSSR count). The van der Waals surface area contributed by atoms with E-state index in [2.05, 4.69) is 54.7 Å². The van der Waals surface area contributed by atoms with Gasteiger partial charge in [-0.3, -0.25) is 14.2 Å². The van der Waals surface area contributed by atoms with Crippen LogP contribution in [-0.4, -0.2) is 52.3 Å². The number of rotatable bonds is 15. The summed E-state index contributed by atoms with van der Waals surface area (Å²) in [6, 6.07) is 38.3. The number of aromatic nitrogens is 6. The molecule has 2 atom stereocenters. The number of hydrogen-bond acceptors (Lipinski definition) is 10. The highest BCUT2D eigenvalue weighted by molar-refractivity contribution is 8.00. The smallest absolute Gasteiger partial charge is 0.325 e. The molecule has 8 aromatic rings. The maximum Gasteiger partial charge on any atom is 0.359 e. The van der Waals surface area contributed by atoms with Crippen LogP contribution in [0.15, 0.2) is 155 Å². The molecule has 60 heavy (non-hydrogen) atoms. The van der Waals surface area contributed by atoms with Gasteiger partial charge in [-0.05, 0) is 72.8 Å². The molecule has 10 nitrogen and oxygen atoms in total. The van der Waals surface area contributed by atoms with Crippen molar-refractivity contribution < 1.29 is 18.4 Å². The third kappa shape index (κ3) is 8.96. The average Bonchev–Trinajstić information content (AvgIpc) is 4.12. The largest absolute Gasteiger partial charge is 0.359 e. The molecular formula is C44H36F2N8O2S4. The molecule has 0 radical (unpaired) electrons. The minimum Gasteiger partial charge on any atom is -0.325 e. The normalized spacial score (nSPS) is 12.5. The van der Waals surface area contributed by atoms with Crippen LogP contribution in [0.3, 0.4) is 0 Å². The molecule has 4 heterocycles. The quantitative estimate of drug-likeness (QED) is 0.0978. The van der Waals surface area contributed by atoms with Gasteiger partial charge in [-0.1, -0.05) is 121 Å². The number of thioether (sulfide) groups is 2. The first-order valence-electron chi connectivity index (χ1n) is 18.7. The number of amides is 2. The second kappa shape index (κ2) is 18.1. The summed E-state index contributed by atoms with van der Waals surface area (Å²) in [5, 5.41) is 25.1. The molecule has 0 aliphatic carbocycles. The fraction of sp³-hybridized carbons (Fsp3) is 0.136. The molecule has 0 saturated heterocycles. The van der Waals surface area contributed by atoms with Gasteiger partial charge < -0.3 is 10.6 Å². The summed E-state index contributed by atoms with van der Waals surface area (Å²) in [7, 11) is 0. The molecule has 0 fully saturated rings. The molecule has 4 aromatic carbocycles. The molecule has 0 bridgehead atoms. The standard InChI is InChI=1S/C44H36F2N8O2S4/c1-28(30-13-6-3-7-14-30)53-39(49-51-42(53)59-29(2)41(56)48-33-17-10-5-11-18-33)37-25-24-35(60-37)31-20-22-34(23-21-31)47-38(55)27-58-43-52-50-40(36-19-12-26-57-36)54(43)44(45,46)32-15-8-4-9-16-32/h3-26,28-29H,27H2,1-2H3,(H,47,55)(H,48,56). The average molecular weight is 875 g/mol. The number of thiophene rings is 2. The Morgan fingerprint density at radius 1 is 0.683 bits per heavy atom. The highest BCUT2D eigenvalue weighted by Gasteiger charge is 2.40. The van der Waals surface area contributed by atoms with Gasteiger partial charge in [0.1, 0.15) is 0 Å². The first kappa shape index (κ1) is 40.8. The molecule has 0 aliphatic rings. The molecule has 0 saturated carbocycles. The van der Waals surface area contributed by atoms with Gasteiger partial charge in [-0.15, -0.1) is 43.1 Å². The zero-order chi connectivity index (χ0) is 41.6. The zero-order valence-corrected chi connectivity index (χ0v) is 35.4. The summed E-state index contributed by atoms with van der Waals surface area (Å²) in [5.41, 5.74) is 3.07. The van der Waals surface area contributed by atoms with Crippen LogP contribution in [0.25, 0.3) is 31.8 Å². The zero-order valence-electron chi connectivity index (χ0n) is 32.1. The lowest BCUT2D eigenvalue weighted by molar-refractivity contribution is -0.115. The Labute approximate surface area is 361 Å². The second-order valence-corrected chi connectivity index (χ2v) is 17.8. The Morgan fingerprint density at radius 2 is 1.32 bits per heavy atom. The predicted octanol–water partition coefficient (Wildman–Crippen LogP) is 11.1. The molecular weight excluding hydrogens is 839 g/mol. The fourth-order valence-corrected chi connectivity index (χ4v) is 9.72. The van der Waals surface area contributed by atoms with Crippen LogP contribution >= 0.6 is 46.2 Å². The van der Waals surface area contributed by atoms with Crippen molar-refractivity contribution in [1.82, 2.24) is 29.5 Å². The molecule has 0 spiro atoms. The van der Waals surface area contributed by atoms with E-state index in [0.29, 0.717) is 21.5 Å². The van der Waals surface area contributed by atoms with E-state index in [1.54, 1.807) is 59.2 Å². The lowest BCUT2D eigenvalue weighted by atomic mass is 10.1. The van der Waals surface area contributed by atoms with Crippen molar-refractivity contribution in [1.29, 1.82) is 0 Å². The summed E-state index contributed by atoms with van der Waals surface area (Å²) in [4.78, 5) is 28.7. The van der Waals surface area contributed by atoms with Gasteiger partial charge in [0, 0.05) is 21.8 Å². The molecule has 2 unspecified atom stereocenters. The Balaban J connectivity index is 0.964. The lowest BCUT2D eigenvalue weighted by Gasteiger charge is -2.21. The summed E-state index contributed by atoms with van der Waals surface area (Å²) in [6.45, 7) is 3.94. The topological polar surface area (TPSA) is 120 Å². The number of carbonyl (C=O) groups excluding carboxylic acids is 2. The second-order valence-electron chi connectivity index (χ2n) is 13.5. The summed E-state index contributed by atoms with van der Waals surface area (Å²) in [5.74, 6) is 0.0266. The van der Waals surface area contributed by atoms with Gasteiger partial charge in [0.25, 0.3) is 0 Å². The highest BCUT2D eigenvalue weighted by atomic mass is 32.2. The van der Waals surface area contributed by atoms with Gasteiger partial charge in [0.15, 0.2) is 22.0 Å². The SMILES string of the molecule is CC(Sc1nnc(-c2ccc(-c3ccc(NC(=O)CSc4nnc(-c5cccs5)n4C(F)(F)c4ccccc4)cc3)s2)n1C(C)c1ccccc1)C(=O)Nc1ccccc1. The van der Waals surface area contributed by atoms with E-state index < -0.39 is 11.3 Å². The van der Waals surface area contributed by atoms with Crippen molar-refractivity contribution in [2.45, 2.75) is 41.5 Å². The monoisotopic (exact) mass is 874 g/mol. The van der Waals surface area contributed by atoms with Crippen LogP contribution in [0, 0.1) is 0 Å². The molecule has 0 aliphatic heterocycles. The Bertz CT molecular complexity index is 2690. The highest BCUT2D eigenvalue weighted by Crippen LogP contribution is 2.40. The van der Waals surface area contributed by atoms with Crippen molar-refractivity contribution in [3.63, 3.8) is 0 Å². The van der Waals surface area contributed by atoms with Crippen molar-refractivity contribution in [2.24, 2.45) is 0 Å². The Hall–Kier alpha value is -5.94. The minimum atomic E-state index is -3.46. The van der Waals surface area contributed by atoms with Gasteiger partial charge in [0.05, 0.1) is 26.8 Å². The number of benzene rings is 4. The van der Waals surface area contributed by atoms with E-state index in [9.17, 15) is 9.59 Å². The van der Waals surface area contributed by atoms with Crippen molar-refractivity contribution >= 4 is 69.4 Å². The number of alkyl halides is 2. The van der Waals surface area contributed by atoms with Crippen molar-refractivity contribution in [2.75, 3.05) is 16.4 Å². The van der Waals surface area contributed by atoms with E-state index in [1.807, 2.05) is 79.7 Å². The number of nitrogens with zero attached hydrogens (tertiary/aromatic N) is 6.